The number of hydrogen-bond acceptors (Lipinski definition) is 10. The zero-order chi connectivity index (χ0) is 42.9. The van der Waals surface area contributed by atoms with E-state index < -0.39 is 23.8 Å². The van der Waals surface area contributed by atoms with Crippen molar-refractivity contribution in [1.29, 1.82) is 0 Å². The zero-order valence-electron chi connectivity index (χ0n) is 35.9. The highest BCUT2D eigenvalue weighted by Crippen LogP contribution is 2.62. The number of oxime groups is 1. The molecule has 1 saturated carbocycles. The lowest BCUT2D eigenvalue weighted by molar-refractivity contribution is -0.256. The highest BCUT2D eigenvalue weighted by atomic mass is 16.7. The minimum atomic E-state index is -1.41. The molecule has 2 heterocycles. The molecule has 11 heteroatoms. The van der Waals surface area contributed by atoms with Gasteiger partial charge in [-0.05, 0) is 83.2 Å². The summed E-state index contributed by atoms with van der Waals surface area (Å²) in [5.74, 6) is -0.389. The fraction of sp³-hybridized carbons (Fsp3) is 0.451. The van der Waals surface area contributed by atoms with E-state index in [0.29, 0.717) is 25.2 Å². The van der Waals surface area contributed by atoms with Gasteiger partial charge in [-0.2, -0.15) is 0 Å². The van der Waals surface area contributed by atoms with Crippen molar-refractivity contribution in [3.8, 4) is 11.5 Å². The Morgan fingerprint density at radius 2 is 1.74 bits per heavy atom. The lowest BCUT2D eigenvalue weighted by Gasteiger charge is -2.59. The number of amides is 1. The van der Waals surface area contributed by atoms with Crippen molar-refractivity contribution in [3.05, 3.63) is 132 Å². The normalized spacial score (nSPS) is 24.3. The quantitative estimate of drug-likeness (QED) is 0.0368. The largest absolute Gasteiger partial charge is 0.492 e. The Hall–Kier alpha value is -5.20. The third kappa shape index (κ3) is 9.41. The zero-order valence-corrected chi connectivity index (χ0v) is 35.9. The molecule has 0 radical (unpaired) electrons. The van der Waals surface area contributed by atoms with E-state index in [4.69, 9.17) is 28.9 Å². The summed E-state index contributed by atoms with van der Waals surface area (Å²) in [5.41, 5.74) is 4.67. The number of carbonyl (C=O) groups is 1. The van der Waals surface area contributed by atoms with E-state index in [2.05, 4.69) is 47.9 Å². The number of aliphatic hydroxyl groups is 2. The molecule has 2 aliphatic heterocycles. The monoisotopic (exact) mass is 843 g/mol. The van der Waals surface area contributed by atoms with Crippen molar-refractivity contribution in [2.45, 2.75) is 75.8 Å². The van der Waals surface area contributed by atoms with Crippen molar-refractivity contribution in [2.24, 2.45) is 22.9 Å². The molecule has 1 saturated heterocycles. The maximum absolute atomic E-state index is 14.5. The first-order valence-electron chi connectivity index (χ1n) is 22.4. The van der Waals surface area contributed by atoms with Crippen LogP contribution in [0.15, 0.2) is 120 Å². The van der Waals surface area contributed by atoms with Crippen LogP contribution >= 0.6 is 0 Å². The second-order valence-electron chi connectivity index (χ2n) is 17.0. The first-order chi connectivity index (χ1) is 30.5. The molecule has 11 nitrogen and oxygen atoms in total. The van der Waals surface area contributed by atoms with Gasteiger partial charge in [-0.25, -0.2) is 4.79 Å². The number of benzene rings is 4. The number of rotatable bonds is 21. The van der Waals surface area contributed by atoms with E-state index in [9.17, 15) is 15.0 Å². The molecule has 4 aromatic carbocycles. The van der Waals surface area contributed by atoms with Crippen LogP contribution in [0.1, 0.15) is 67.6 Å². The maximum Gasteiger partial charge on any atom is 0.410 e. The molecule has 2 aliphatic carbocycles. The van der Waals surface area contributed by atoms with Gasteiger partial charge in [-0.15, -0.1) is 6.58 Å². The number of unbranched alkanes of at least 4 members (excludes halogenated alkanes) is 2. The topological polar surface area (TPSA) is 122 Å². The predicted molar refractivity (Wildman–Crippen MR) is 240 cm³/mol. The van der Waals surface area contributed by atoms with Gasteiger partial charge >= 0.3 is 6.09 Å². The SMILES string of the molecule is C=CCOC12Oc3ccc(OCCN4CC4)cc3C3C(CCCCO)C(CCCCO)C=C(C(=NOCc4ccccc4)CC1N(Cc1cccc4ccccc14)C(=O)OC)C32. The van der Waals surface area contributed by atoms with Crippen LogP contribution in [0.2, 0.25) is 0 Å². The number of aliphatic hydroxyl groups excluding tert-OH is 2. The van der Waals surface area contributed by atoms with Gasteiger partial charge in [0.2, 0.25) is 5.79 Å². The molecular weight excluding hydrogens is 783 g/mol. The second kappa shape index (κ2) is 20.3. The van der Waals surface area contributed by atoms with Crippen LogP contribution in [0, 0.1) is 17.8 Å². The number of hydrogen-bond donors (Lipinski definition) is 2. The number of ether oxygens (including phenoxy) is 4. The minimum Gasteiger partial charge on any atom is -0.492 e. The van der Waals surface area contributed by atoms with E-state index in [1.165, 1.54) is 7.11 Å². The van der Waals surface area contributed by atoms with Gasteiger partial charge in [0.15, 0.2) is 0 Å². The third-order valence-corrected chi connectivity index (χ3v) is 13.1. The Bertz CT molecular complexity index is 2200. The molecule has 4 aromatic rings. The van der Waals surface area contributed by atoms with Crippen LogP contribution in [-0.4, -0.2) is 96.8 Å². The summed E-state index contributed by atoms with van der Waals surface area (Å²) < 4.78 is 26.6. The first kappa shape index (κ1) is 43.4. The Balaban J connectivity index is 1.32. The Morgan fingerprint density at radius 1 is 0.968 bits per heavy atom. The first-order valence-corrected chi connectivity index (χ1v) is 22.4. The number of methoxy groups -OCH3 is 1. The standard InChI is InChI=1S/C51H61N3O8/c1-3-29-60-51-47(54(50(57)58-2)34-39-19-13-18-37-16-7-8-20-41(37)39)33-45(52-61-35-36-14-5-4-6-15-36)43-31-38(17-9-11-27-55)42(21-10-12-28-56)48(49(43)51)44-32-40(22-23-46(44)62-51)59-30-26-53-24-25-53/h3-8,13-16,18-20,22-23,31-32,38,42,47-49,55-56H,1,9-12,17,21,24-30,33-35H2,2H3. The highest BCUT2D eigenvalue weighted by Gasteiger charge is 2.65. The van der Waals surface area contributed by atoms with Crippen LogP contribution in [0.3, 0.4) is 0 Å². The fourth-order valence-corrected chi connectivity index (χ4v) is 10.1. The van der Waals surface area contributed by atoms with Gasteiger partial charge in [0.1, 0.15) is 30.8 Å². The lowest BCUT2D eigenvalue weighted by atomic mass is 9.55. The lowest BCUT2D eigenvalue weighted by Crippen LogP contribution is -2.70. The molecule has 6 atom stereocenters. The summed E-state index contributed by atoms with van der Waals surface area (Å²) in [5, 5.41) is 27.0. The van der Waals surface area contributed by atoms with E-state index >= 15 is 0 Å². The fourth-order valence-electron chi connectivity index (χ4n) is 10.1. The van der Waals surface area contributed by atoms with Crippen molar-refractivity contribution < 1.29 is 38.8 Å². The molecule has 2 N–H and O–H groups in total. The maximum atomic E-state index is 14.5. The summed E-state index contributed by atoms with van der Waals surface area (Å²) in [4.78, 5) is 24.9. The minimum absolute atomic E-state index is 0.0889. The molecule has 8 rings (SSSR count). The average molecular weight is 844 g/mol. The summed E-state index contributed by atoms with van der Waals surface area (Å²) in [6, 6.07) is 29.7. The average Bonchev–Trinajstić information content (AvgIpc) is 4.14. The smallest absolute Gasteiger partial charge is 0.410 e. The summed E-state index contributed by atoms with van der Waals surface area (Å²) >= 11 is 0. The molecule has 328 valence electrons. The van der Waals surface area contributed by atoms with Gasteiger partial charge < -0.3 is 34.0 Å². The van der Waals surface area contributed by atoms with Crippen LogP contribution in [-0.2, 0) is 27.5 Å². The Labute approximate surface area is 365 Å². The van der Waals surface area contributed by atoms with Gasteiger partial charge in [-0.3, -0.25) is 9.80 Å². The molecule has 1 amide bonds. The Kier molecular flexibility index (Phi) is 14.2. The summed E-state index contributed by atoms with van der Waals surface area (Å²) in [7, 11) is 1.41. The van der Waals surface area contributed by atoms with Crippen molar-refractivity contribution in [2.75, 3.05) is 53.2 Å². The van der Waals surface area contributed by atoms with Gasteiger partial charge in [-0.1, -0.05) is 103 Å². The molecule has 62 heavy (non-hydrogen) atoms. The highest BCUT2D eigenvalue weighted by molar-refractivity contribution is 6.03. The van der Waals surface area contributed by atoms with Crippen molar-refractivity contribution >= 4 is 22.6 Å². The van der Waals surface area contributed by atoms with E-state index in [1.807, 2.05) is 60.7 Å². The second-order valence-corrected chi connectivity index (χ2v) is 17.0. The van der Waals surface area contributed by atoms with Crippen molar-refractivity contribution in [1.82, 2.24) is 9.80 Å². The summed E-state index contributed by atoms with van der Waals surface area (Å²) in [6.45, 7) is 8.60. The van der Waals surface area contributed by atoms with Crippen molar-refractivity contribution in [3.63, 3.8) is 0 Å². The molecule has 0 bridgehead atoms. The van der Waals surface area contributed by atoms with Crippen LogP contribution in [0.25, 0.3) is 10.8 Å². The molecule has 0 spiro atoms. The molecule has 2 fully saturated rings. The predicted octanol–water partition coefficient (Wildman–Crippen LogP) is 8.64. The number of allylic oxidation sites excluding steroid dienone is 1. The summed E-state index contributed by atoms with van der Waals surface area (Å²) in [6.07, 6.45) is 8.58. The van der Waals surface area contributed by atoms with Crippen LogP contribution in [0.5, 0.6) is 11.5 Å². The van der Waals surface area contributed by atoms with E-state index in [0.717, 1.165) is 89.8 Å². The third-order valence-electron chi connectivity index (χ3n) is 13.1. The molecule has 0 aromatic heterocycles. The van der Waals surface area contributed by atoms with Gasteiger partial charge in [0.25, 0.3) is 0 Å². The number of carbonyl (C=O) groups excluding carboxylic acids is 1. The van der Waals surface area contributed by atoms with E-state index in [1.54, 1.807) is 11.0 Å². The van der Waals surface area contributed by atoms with Gasteiger partial charge in [0, 0.05) is 50.8 Å². The van der Waals surface area contributed by atoms with Gasteiger partial charge in [0.05, 0.1) is 31.9 Å². The molecular formula is C51H61N3O8. The molecule has 6 unspecified atom stereocenters. The van der Waals surface area contributed by atoms with Crippen LogP contribution < -0.4 is 9.47 Å². The Morgan fingerprint density at radius 3 is 2.52 bits per heavy atom. The van der Waals surface area contributed by atoms with Crippen LogP contribution in [0.4, 0.5) is 4.79 Å². The number of nitrogens with zero attached hydrogens (tertiary/aromatic N) is 3. The number of fused-ring (bicyclic) bond motifs is 3. The molecule has 4 aliphatic rings. The van der Waals surface area contributed by atoms with E-state index in [-0.39, 0.29) is 57.1 Å².